The van der Waals surface area contributed by atoms with Crippen molar-refractivity contribution in [3.8, 4) is 0 Å². The molecule has 0 bridgehead atoms. The van der Waals surface area contributed by atoms with E-state index in [4.69, 9.17) is 17.3 Å². The van der Waals surface area contributed by atoms with Gasteiger partial charge in [0.15, 0.2) is 0 Å². The number of anilines is 1. The average Bonchev–Trinajstić information content (AvgIpc) is 3.09. The zero-order valence-electron chi connectivity index (χ0n) is 15.1. The Morgan fingerprint density at radius 3 is 2.81 bits per heavy atom. The summed E-state index contributed by atoms with van der Waals surface area (Å²) < 4.78 is 16.0. The van der Waals surface area contributed by atoms with E-state index in [9.17, 15) is 4.39 Å². The molecule has 1 aliphatic heterocycles. The van der Waals surface area contributed by atoms with Crippen molar-refractivity contribution in [1.82, 2.24) is 14.5 Å². The van der Waals surface area contributed by atoms with Crippen molar-refractivity contribution in [2.75, 3.05) is 18.0 Å². The second-order valence-electron chi connectivity index (χ2n) is 6.91. The minimum atomic E-state index is -0.973. The summed E-state index contributed by atoms with van der Waals surface area (Å²) in [7, 11) is 0. The van der Waals surface area contributed by atoms with Gasteiger partial charge in [0.2, 0.25) is 11.6 Å². The molecule has 27 heavy (non-hydrogen) atoms. The molecule has 0 spiro atoms. The Kier molecular flexibility index (Phi) is 4.50. The summed E-state index contributed by atoms with van der Waals surface area (Å²) in [5.41, 5.74) is 9.21. The normalized spacial score (nSPS) is 21.2. The van der Waals surface area contributed by atoms with E-state index in [1.807, 2.05) is 30.3 Å². The van der Waals surface area contributed by atoms with Crippen molar-refractivity contribution < 1.29 is 4.39 Å². The van der Waals surface area contributed by atoms with Crippen molar-refractivity contribution in [3.63, 3.8) is 0 Å². The van der Waals surface area contributed by atoms with E-state index in [0.717, 1.165) is 22.7 Å². The van der Waals surface area contributed by atoms with Crippen LogP contribution in [0.1, 0.15) is 25.1 Å². The van der Waals surface area contributed by atoms with Gasteiger partial charge in [-0.15, -0.1) is 0 Å². The topological polar surface area (TPSA) is 64.3 Å². The maximum Gasteiger partial charge on any atom is 0.207 e. The Hall–Kier alpha value is -2.98. The minimum Gasteiger partial charge on any atom is -0.340 e. The van der Waals surface area contributed by atoms with Gasteiger partial charge in [-0.05, 0) is 31.5 Å². The van der Waals surface area contributed by atoms with Crippen LogP contribution >= 0.6 is 0 Å². The molecular formula is C20H21FN6. The highest BCUT2D eigenvalue weighted by Gasteiger charge is 2.30. The van der Waals surface area contributed by atoms with Gasteiger partial charge in [-0.2, -0.15) is 0 Å². The van der Waals surface area contributed by atoms with Gasteiger partial charge >= 0.3 is 0 Å². The van der Waals surface area contributed by atoms with E-state index in [-0.39, 0.29) is 6.04 Å². The summed E-state index contributed by atoms with van der Waals surface area (Å²) in [5.74, 6) is 0.780. The van der Waals surface area contributed by atoms with Crippen LogP contribution in [0.4, 0.5) is 16.0 Å². The second kappa shape index (κ2) is 6.97. The highest BCUT2D eigenvalue weighted by atomic mass is 19.1. The molecule has 0 amide bonds. The number of nitrogens with two attached hydrogens (primary N) is 1. The van der Waals surface area contributed by atoms with Gasteiger partial charge in [-0.25, -0.2) is 14.2 Å². The number of hydrogen-bond donors (Lipinski definition) is 1. The van der Waals surface area contributed by atoms with Gasteiger partial charge in [0.25, 0.3) is 0 Å². The number of alkyl halides is 1. The van der Waals surface area contributed by atoms with Crippen LogP contribution in [0.2, 0.25) is 0 Å². The van der Waals surface area contributed by atoms with Crippen LogP contribution < -0.4 is 10.6 Å². The third-order valence-electron chi connectivity index (χ3n) is 5.15. The number of benzene rings is 1. The molecule has 1 saturated heterocycles. The van der Waals surface area contributed by atoms with Crippen molar-refractivity contribution in [1.29, 1.82) is 0 Å². The van der Waals surface area contributed by atoms with Gasteiger partial charge in [-0.1, -0.05) is 18.2 Å². The number of pyridine rings is 1. The first-order valence-corrected chi connectivity index (χ1v) is 9.03. The van der Waals surface area contributed by atoms with Crippen LogP contribution in [0.15, 0.2) is 42.6 Å². The summed E-state index contributed by atoms with van der Waals surface area (Å²) in [4.78, 5) is 14.7. The summed E-state index contributed by atoms with van der Waals surface area (Å²) in [6.07, 6.45) is 1.01. The molecule has 2 N–H and O–H groups in total. The fourth-order valence-electron chi connectivity index (χ4n) is 3.61. The first-order chi connectivity index (χ1) is 13.1. The minimum absolute atomic E-state index is 0.0912. The molecule has 1 fully saturated rings. The molecule has 2 aromatic heterocycles. The fraction of sp³-hybridized carbons (Fsp3) is 0.350. The lowest BCUT2D eigenvalue weighted by molar-refractivity contribution is 0.243. The second-order valence-corrected chi connectivity index (χ2v) is 6.91. The zero-order valence-corrected chi connectivity index (χ0v) is 15.1. The summed E-state index contributed by atoms with van der Waals surface area (Å²) in [5, 5.41) is 0. The Bertz CT molecular complexity index is 990. The number of piperidine rings is 1. The Morgan fingerprint density at radius 2 is 2.11 bits per heavy atom. The predicted molar refractivity (Wildman–Crippen MR) is 104 cm³/mol. The molecule has 0 unspecified atom stereocenters. The average molecular weight is 364 g/mol. The van der Waals surface area contributed by atoms with Crippen LogP contribution in [0.25, 0.3) is 15.9 Å². The van der Waals surface area contributed by atoms with Gasteiger partial charge < -0.3 is 15.2 Å². The first kappa shape index (κ1) is 17.4. The first-order valence-electron chi connectivity index (χ1n) is 9.03. The quantitative estimate of drug-likeness (QED) is 0.723. The van der Waals surface area contributed by atoms with E-state index in [1.165, 1.54) is 0 Å². The number of imidazole rings is 1. The van der Waals surface area contributed by atoms with Crippen molar-refractivity contribution in [2.24, 2.45) is 5.73 Å². The fourth-order valence-corrected chi connectivity index (χ4v) is 3.61. The molecule has 7 heteroatoms. The molecule has 3 aromatic rings. The lowest BCUT2D eigenvalue weighted by atomic mass is 10.1. The highest BCUT2D eigenvalue weighted by molar-refractivity contribution is 5.79. The van der Waals surface area contributed by atoms with E-state index >= 15 is 0 Å². The van der Waals surface area contributed by atoms with Crippen LogP contribution in [0, 0.1) is 6.57 Å². The predicted octanol–water partition coefficient (Wildman–Crippen LogP) is 3.47. The molecular weight excluding hydrogens is 343 g/mol. The Morgan fingerprint density at radius 1 is 1.30 bits per heavy atom. The Labute approximate surface area is 157 Å². The SMILES string of the molecule is [C-]#[N+]c1ccc([C@@H](C)n2c(N3CC[C@@H](F)[C@H](N)C3)nc3ccccc32)nc1. The van der Waals surface area contributed by atoms with Gasteiger partial charge in [0.05, 0.1) is 35.4 Å². The maximum absolute atomic E-state index is 13.9. The standard InChI is InChI=1S/C20H21FN6/c1-13(17-8-7-14(23-2)11-24-17)27-19-6-4-3-5-18(19)25-20(27)26-10-9-15(21)16(22)12-26/h3-8,11,13,15-16H,9-10,12,22H2,1H3/t13-,15-,16-/m1/s1. The molecule has 4 rings (SSSR count). The van der Waals surface area contributed by atoms with E-state index < -0.39 is 12.2 Å². The van der Waals surface area contributed by atoms with Crippen LogP contribution in [0.5, 0.6) is 0 Å². The molecule has 3 heterocycles. The van der Waals surface area contributed by atoms with Crippen LogP contribution in [0.3, 0.4) is 0 Å². The van der Waals surface area contributed by atoms with Crippen molar-refractivity contribution in [3.05, 3.63) is 59.7 Å². The highest BCUT2D eigenvalue weighted by Crippen LogP contribution is 2.31. The van der Waals surface area contributed by atoms with Crippen LogP contribution in [-0.2, 0) is 0 Å². The third kappa shape index (κ3) is 3.13. The van der Waals surface area contributed by atoms with Crippen molar-refractivity contribution in [2.45, 2.75) is 31.6 Å². The molecule has 1 aromatic carbocycles. The molecule has 1 aliphatic rings. The summed E-state index contributed by atoms with van der Waals surface area (Å²) in [6, 6.07) is 11.0. The number of rotatable bonds is 3. The molecule has 0 saturated carbocycles. The summed E-state index contributed by atoms with van der Waals surface area (Å²) in [6.45, 7) is 10.2. The van der Waals surface area contributed by atoms with Crippen LogP contribution in [-0.4, -0.2) is 39.8 Å². The smallest absolute Gasteiger partial charge is 0.207 e. The number of halogens is 1. The maximum atomic E-state index is 13.9. The Balaban J connectivity index is 1.79. The summed E-state index contributed by atoms with van der Waals surface area (Å²) >= 11 is 0. The molecule has 0 radical (unpaired) electrons. The molecule has 6 nitrogen and oxygen atoms in total. The van der Waals surface area contributed by atoms with Gasteiger partial charge in [0.1, 0.15) is 6.17 Å². The molecule has 3 atom stereocenters. The molecule has 138 valence electrons. The number of fused-ring (bicyclic) bond motifs is 1. The number of nitrogens with zero attached hydrogens (tertiary/aromatic N) is 5. The molecule has 0 aliphatic carbocycles. The van der Waals surface area contributed by atoms with E-state index in [2.05, 4.69) is 26.2 Å². The lowest BCUT2D eigenvalue weighted by Crippen LogP contribution is -2.50. The van der Waals surface area contributed by atoms with Gasteiger partial charge in [0, 0.05) is 19.3 Å². The number of hydrogen-bond acceptors (Lipinski definition) is 4. The van der Waals surface area contributed by atoms with Gasteiger partial charge in [-0.3, -0.25) is 4.98 Å². The van der Waals surface area contributed by atoms with E-state index in [0.29, 0.717) is 25.2 Å². The monoisotopic (exact) mass is 364 g/mol. The third-order valence-corrected chi connectivity index (χ3v) is 5.15. The number of aromatic nitrogens is 3. The largest absolute Gasteiger partial charge is 0.340 e. The number of para-hydroxylation sites is 2. The zero-order chi connectivity index (χ0) is 19.0. The van der Waals surface area contributed by atoms with E-state index in [1.54, 1.807) is 12.3 Å². The lowest BCUT2D eigenvalue weighted by Gasteiger charge is -2.34. The van der Waals surface area contributed by atoms with Crippen molar-refractivity contribution >= 4 is 22.7 Å².